The molecule has 0 unspecified atom stereocenters. The fourth-order valence-electron chi connectivity index (χ4n) is 4.98. The van der Waals surface area contributed by atoms with Crippen molar-refractivity contribution in [2.24, 2.45) is 0 Å². The summed E-state index contributed by atoms with van der Waals surface area (Å²) in [5.74, 6) is 0. The van der Waals surface area contributed by atoms with Crippen LogP contribution in [0.15, 0.2) is 71.7 Å². The van der Waals surface area contributed by atoms with Gasteiger partial charge >= 0.3 is 5.69 Å². The number of nitrogens with zero attached hydrogens (tertiary/aromatic N) is 5. The number of fused-ring (bicyclic) bond motifs is 1. The van der Waals surface area contributed by atoms with Crippen LogP contribution in [-0.4, -0.2) is 59.4 Å². The van der Waals surface area contributed by atoms with Crippen molar-refractivity contribution >= 4 is 16.9 Å². The molecular formula is C29H35N5O2. The van der Waals surface area contributed by atoms with Gasteiger partial charge in [-0.2, -0.15) is 0 Å². The summed E-state index contributed by atoms with van der Waals surface area (Å²) in [5, 5.41) is 0. The van der Waals surface area contributed by atoms with Crippen LogP contribution in [0, 0.1) is 0 Å². The fourth-order valence-corrected chi connectivity index (χ4v) is 4.98. The normalized spacial score (nSPS) is 15.1. The van der Waals surface area contributed by atoms with Crippen molar-refractivity contribution in [2.45, 2.75) is 32.4 Å². The molecule has 7 heteroatoms. The maximum Gasteiger partial charge on any atom is 0.334 e. The molecule has 0 atom stereocenters. The number of hydrogen-bond donors (Lipinski definition) is 0. The second-order valence-electron chi connectivity index (χ2n) is 10.0. The Labute approximate surface area is 212 Å². The molecule has 36 heavy (non-hydrogen) atoms. The first-order chi connectivity index (χ1) is 17.4. The quantitative estimate of drug-likeness (QED) is 0.395. The zero-order chi connectivity index (χ0) is 25.3. The highest BCUT2D eigenvalue weighted by Crippen LogP contribution is 2.26. The Kier molecular flexibility index (Phi) is 6.69. The zero-order valence-corrected chi connectivity index (χ0v) is 21.6. The third kappa shape index (κ3) is 4.56. The molecule has 0 amide bonds. The predicted molar refractivity (Wildman–Crippen MR) is 145 cm³/mol. The molecule has 0 bridgehead atoms. The van der Waals surface area contributed by atoms with Crippen molar-refractivity contribution in [2.75, 3.05) is 45.2 Å². The highest BCUT2D eigenvalue weighted by Gasteiger charge is 2.21. The summed E-state index contributed by atoms with van der Waals surface area (Å²) in [6.07, 6.45) is 2.52. The second kappa shape index (κ2) is 9.91. The van der Waals surface area contributed by atoms with Gasteiger partial charge in [-0.15, -0.1) is 0 Å². The SMILES string of the molecule is COC(C)(C)c1ccc(-n2c(=O)n(CCc3ccccc3N3CCN(C)CC3)c3ncccc32)cc1. The third-order valence-corrected chi connectivity index (χ3v) is 7.46. The molecule has 188 valence electrons. The van der Waals surface area contributed by atoms with E-state index in [2.05, 4.69) is 46.1 Å². The van der Waals surface area contributed by atoms with Crippen LogP contribution in [0.1, 0.15) is 25.0 Å². The Morgan fingerprint density at radius 3 is 2.39 bits per heavy atom. The summed E-state index contributed by atoms with van der Waals surface area (Å²) >= 11 is 0. The highest BCUT2D eigenvalue weighted by atomic mass is 16.5. The number of aromatic nitrogens is 3. The number of benzene rings is 2. The molecule has 0 radical (unpaired) electrons. The number of hydrogen-bond acceptors (Lipinski definition) is 5. The Morgan fingerprint density at radius 2 is 1.67 bits per heavy atom. The number of piperazine rings is 1. The minimum Gasteiger partial charge on any atom is -0.374 e. The van der Waals surface area contributed by atoms with Gasteiger partial charge in [0.2, 0.25) is 0 Å². The summed E-state index contributed by atoms with van der Waals surface area (Å²) in [6.45, 7) is 8.79. The fraction of sp³-hybridized carbons (Fsp3) is 0.379. The molecule has 0 N–H and O–H groups in total. The molecule has 4 aromatic rings. The van der Waals surface area contributed by atoms with E-state index < -0.39 is 5.60 Å². The van der Waals surface area contributed by atoms with Crippen molar-refractivity contribution in [3.63, 3.8) is 0 Å². The van der Waals surface area contributed by atoms with Gasteiger partial charge in [-0.05, 0) is 68.8 Å². The lowest BCUT2D eigenvalue weighted by molar-refractivity contribution is 0.0192. The Hall–Kier alpha value is -3.42. The van der Waals surface area contributed by atoms with Gasteiger partial charge in [-0.25, -0.2) is 9.78 Å². The molecule has 7 nitrogen and oxygen atoms in total. The van der Waals surface area contributed by atoms with E-state index in [4.69, 9.17) is 4.74 Å². The summed E-state index contributed by atoms with van der Waals surface area (Å²) in [5.41, 5.74) is 5.47. The van der Waals surface area contributed by atoms with E-state index in [0.29, 0.717) is 12.2 Å². The van der Waals surface area contributed by atoms with Crippen LogP contribution in [0.3, 0.4) is 0 Å². The Bertz CT molecular complexity index is 1400. The lowest BCUT2D eigenvalue weighted by atomic mass is 9.98. The van der Waals surface area contributed by atoms with Gasteiger partial charge < -0.3 is 14.5 Å². The highest BCUT2D eigenvalue weighted by molar-refractivity contribution is 5.74. The minimum absolute atomic E-state index is 0.0699. The van der Waals surface area contributed by atoms with Gasteiger partial charge in [-0.3, -0.25) is 9.13 Å². The lowest BCUT2D eigenvalue weighted by Gasteiger charge is -2.35. The molecule has 0 spiro atoms. The molecule has 1 saturated heterocycles. The van der Waals surface area contributed by atoms with Crippen molar-refractivity contribution in [1.82, 2.24) is 19.0 Å². The molecule has 2 aromatic carbocycles. The largest absolute Gasteiger partial charge is 0.374 e. The Balaban J connectivity index is 1.47. The number of anilines is 1. The van der Waals surface area contributed by atoms with Crippen LogP contribution < -0.4 is 10.6 Å². The van der Waals surface area contributed by atoms with Crippen LogP contribution in [0.4, 0.5) is 5.69 Å². The number of ether oxygens (including phenoxy) is 1. The number of para-hydroxylation sites is 1. The Morgan fingerprint density at radius 1 is 0.944 bits per heavy atom. The first kappa shape index (κ1) is 24.3. The van der Waals surface area contributed by atoms with Gasteiger partial charge in [0.25, 0.3) is 0 Å². The van der Waals surface area contributed by atoms with Gasteiger partial charge in [0.05, 0.1) is 16.8 Å². The molecule has 1 aliphatic rings. The van der Waals surface area contributed by atoms with E-state index in [0.717, 1.165) is 49.4 Å². The van der Waals surface area contributed by atoms with E-state index in [1.165, 1.54) is 11.3 Å². The van der Waals surface area contributed by atoms with Gasteiger partial charge in [0.15, 0.2) is 5.65 Å². The van der Waals surface area contributed by atoms with Crippen LogP contribution in [-0.2, 0) is 23.3 Å². The molecule has 3 heterocycles. The summed E-state index contributed by atoms with van der Waals surface area (Å²) in [4.78, 5) is 23.1. The number of rotatable bonds is 7. The van der Waals surface area contributed by atoms with Crippen LogP contribution in [0.25, 0.3) is 16.9 Å². The van der Waals surface area contributed by atoms with Gasteiger partial charge in [0.1, 0.15) is 0 Å². The maximum absolute atomic E-state index is 13.7. The van der Waals surface area contributed by atoms with Crippen molar-refractivity contribution in [3.05, 3.63) is 88.5 Å². The zero-order valence-electron chi connectivity index (χ0n) is 21.6. The third-order valence-electron chi connectivity index (χ3n) is 7.46. The van der Waals surface area contributed by atoms with Crippen molar-refractivity contribution in [1.29, 1.82) is 0 Å². The van der Waals surface area contributed by atoms with E-state index in [1.54, 1.807) is 17.9 Å². The molecule has 1 aliphatic heterocycles. The van der Waals surface area contributed by atoms with Gasteiger partial charge in [0, 0.05) is 51.7 Å². The predicted octanol–water partition coefficient (Wildman–Crippen LogP) is 4.06. The molecule has 2 aromatic heterocycles. The number of methoxy groups -OCH3 is 1. The van der Waals surface area contributed by atoms with E-state index in [1.807, 2.05) is 54.8 Å². The molecule has 0 saturated carbocycles. The monoisotopic (exact) mass is 485 g/mol. The summed E-state index contributed by atoms with van der Waals surface area (Å²) < 4.78 is 9.18. The smallest absolute Gasteiger partial charge is 0.334 e. The van der Waals surface area contributed by atoms with Crippen LogP contribution in [0.2, 0.25) is 0 Å². The van der Waals surface area contributed by atoms with E-state index in [-0.39, 0.29) is 5.69 Å². The average molecular weight is 486 g/mol. The number of likely N-dealkylation sites (N-methyl/N-ethyl adjacent to an activating group) is 1. The topological polar surface area (TPSA) is 55.5 Å². The molecule has 1 fully saturated rings. The van der Waals surface area contributed by atoms with E-state index >= 15 is 0 Å². The number of pyridine rings is 1. The molecule has 5 rings (SSSR count). The van der Waals surface area contributed by atoms with Crippen molar-refractivity contribution in [3.8, 4) is 5.69 Å². The standard InChI is InChI=1S/C29H35N5O2/c1-29(2,36-4)23-11-13-24(14-12-23)34-26-10-7-16-30-27(26)33(28(34)35)17-15-22-8-5-6-9-25(22)32-20-18-31(3)19-21-32/h5-14,16H,15,17-21H2,1-4H3. The number of aryl methyl sites for hydroxylation is 2. The first-order valence-electron chi connectivity index (χ1n) is 12.6. The molecular weight excluding hydrogens is 450 g/mol. The number of imidazole rings is 1. The van der Waals surface area contributed by atoms with Crippen molar-refractivity contribution < 1.29 is 4.74 Å². The maximum atomic E-state index is 13.7. The molecule has 0 aliphatic carbocycles. The van der Waals surface area contributed by atoms with E-state index in [9.17, 15) is 4.79 Å². The minimum atomic E-state index is -0.393. The first-order valence-corrected chi connectivity index (χ1v) is 12.6. The van der Waals surface area contributed by atoms with Crippen LogP contribution in [0.5, 0.6) is 0 Å². The second-order valence-corrected chi connectivity index (χ2v) is 10.0. The van der Waals surface area contributed by atoms with Crippen LogP contribution >= 0.6 is 0 Å². The summed E-state index contributed by atoms with van der Waals surface area (Å²) in [6, 6.07) is 20.4. The van der Waals surface area contributed by atoms with Gasteiger partial charge in [-0.1, -0.05) is 30.3 Å². The summed E-state index contributed by atoms with van der Waals surface area (Å²) in [7, 11) is 3.88. The average Bonchev–Trinajstić information content (AvgIpc) is 3.19. The lowest BCUT2D eigenvalue weighted by Crippen LogP contribution is -2.44.